The molecule has 0 saturated heterocycles. The van der Waals surface area contributed by atoms with Gasteiger partial charge in [-0.15, -0.1) is 0 Å². The number of carboxylic acids is 1. The number of carbonyl (C=O) groups is 3. The maximum atomic E-state index is 12.1. The minimum atomic E-state index is -0.922. The number of hydrogen-bond donors (Lipinski definition) is 3. The van der Waals surface area contributed by atoms with Crippen molar-refractivity contribution in [3.05, 3.63) is 0 Å². The average molecular weight is 335 g/mol. The molecule has 0 bridgehead atoms. The van der Waals surface area contributed by atoms with E-state index in [4.69, 9.17) is 10.8 Å². The van der Waals surface area contributed by atoms with Crippen LogP contribution in [0.3, 0.4) is 0 Å². The largest absolute Gasteiger partial charge is 0.481 e. The first kappa shape index (κ1) is 20.5. The van der Waals surface area contributed by atoms with Crippen LogP contribution < -0.4 is 5.73 Å². The molecule has 0 saturated carbocycles. The molecule has 0 aromatic carbocycles. The fourth-order valence-electron chi connectivity index (χ4n) is 1.74. The van der Waals surface area contributed by atoms with Crippen LogP contribution in [0.4, 0.5) is 0 Å². The standard InChI is InChI=1S/C14H25NO4S2/c1-10(9-20)12(16)8-11(4-2-3-6-15)14(19)21-7-5-13(17)18/h10-11,20H,2-9,15H2,1H3,(H,17,18)/t10-,11+/m0/s1. The molecule has 0 amide bonds. The summed E-state index contributed by atoms with van der Waals surface area (Å²) in [6.07, 6.45) is 2.41. The number of thioether (sulfide) groups is 1. The molecule has 0 unspecified atom stereocenters. The van der Waals surface area contributed by atoms with Crippen molar-refractivity contribution in [3.8, 4) is 0 Å². The third-order valence-corrected chi connectivity index (χ3v) is 4.75. The van der Waals surface area contributed by atoms with Gasteiger partial charge in [0.15, 0.2) is 5.12 Å². The zero-order valence-electron chi connectivity index (χ0n) is 12.4. The van der Waals surface area contributed by atoms with Crippen molar-refractivity contribution in [2.75, 3.05) is 18.1 Å². The predicted octanol–water partition coefficient (Wildman–Crippen LogP) is 1.99. The number of carboxylic acid groups (broad SMARTS) is 1. The molecule has 0 spiro atoms. The number of carbonyl (C=O) groups excluding carboxylic acids is 2. The SMILES string of the molecule is C[C@@H](CS)C(=O)C[C@@H](CCCCN)C(=O)SCCC(=O)O. The Hall–Kier alpha value is -0.530. The summed E-state index contributed by atoms with van der Waals surface area (Å²) in [5, 5.41) is 8.50. The highest BCUT2D eigenvalue weighted by atomic mass is 32.2. The van der Waals surface area contributed by atoms with Crippen molar-refractivity contribution in [2.45, 2.75) is 39.0 Å². The van der Waals surface area contributed by atoms with Crippen molar-refractivity contribution in [3.63, 3.8) is 0 Å². The first-order valence-corrected chi connectivity index (χ1v) is 8.76. The van der Waals surface area contributed by atoms with Gasteiger partial charge in [-0.25, -0.2) is 0 Å². The molecule has 0 aromatic rings. The molecule has 21 heavy (non-hydrogen) atoms. The Kier molecular flexibility index (Phi) is 11.8. The van der Waals surface area contributed by atoms with E-state index in [0.717, 1.165) is 24.6 Å². The lowest BCUT2D eigenvalue weighted by Crippen LogP contribution is -2.22. The normalized spacial score (nSPS) is 13.7. The smallest absolute Gasteiger partial charge is 0.304 e. The second-order valence-electron chi connectivity index (χ2n) is 5.05. The maximum absolute atomic E-state index is 12.1. The lowest BCUT2D eigenvalue weighted by molar-refractivity contribution is -0.136. The Labute approximate surface area is 135 Å². The fourth-order valence-corrected chi connectivity index (χ4v) is 2.86. The van der Waals surface area contributed by atoms with Gasteiger partial charge in [-0.3, -0.25) is 14.4 Å². The summed E-state index contributed by atoms with van der Waals surface area (Å²) in [6, 6.07) is 0. The van der Waals surface area contributed by atoms with Crippen LogP contribution in [-0.2, 0) is 14.4 Å². The first-order valence-electron chi connectivity index (χ1n) is 7.14. The minimum Gasteiger partial charge on any atom is -0.481 e. The Morgan fingerprint density at radius 2 is 1.95 bits per heavy atom. The fraction of sp³-hybridized carbons (Fsp3) is 0.786. The van der Waals surface area contributed by atoms with Gasteiger partial charge in [0, 0.05) is 24.0 Å². The summed E-state index contributed by atoms with van der Waals surface area (Å²) >= 11 is 5.11. The topological polar surface area (TPSA) is 97.5 Å². The van der Waals surface area contributed by atoms with Crippen molar-refractivity contribution in [2.24, 2.45) is 17.6 Å². The molecule has 7 heteroatoms. The van der Waals surface area contributed by atoms with Crippen LogP contribution in [0.2, 0.25) is 0 Å². The molecule has 0 aliphatic heterocycles. The highest BCUT2D eigenvalue weighted by Gasteiger charge is 2.24. The average Bonchev–Trinajstić information content (AvgIpc) is 2.44. The highest BCUT2D eigenvalue weighted by molar-refractivity contribution is 8.13. The minimum absolute atomic E-state index is 0.0370. The quantitative estimate of drug-likeness (QED) is 0.373. The van der Waals surface area contributed by atoms with Gasteiger partial charge in [-0.1, -0.05) is 25.1 Å². The Morgan fingerprint density at radius 3 is 2.48 bits per heavy atom. The molecule has 0 radical (unpaired) electrons. The van der Waals surface area contributed by atoms with E-state index in [1.165, 1.54) is 0 Å². The lowest BCUT2D eigenvalue weighted by Gasteiger charge is -2.16. The number of thiol groups is 1. The van der Waals surface area contributed by atoms with Gasteiger partial charge in [-0.2, -0.15) is 12.6 Å². The Morgan fingerprint density at radius 1 is 1.29 bits per heavy atom. The van der Waals surface area contributed by atoms with Crippen LogP contribution in [0.1, 0.15) is 39.0 Å². The van der Waals surface area contributed by atoms with Crippen LogP contribution in [-0.4, -0.2) is 40.0 Å². The van der Waals surface area contributed by atoms with Crippen molar-refractivity contribution >= 4 is 41.3 Å². The molecule has 0 aromatic heterocycles. The van der Waals surface area contributed by atoms with Gasteiger partial charge < -0.3 is 10.8 Å². The van der Waals surface area contributed by atoms with E-state index in [2.05, 4.69) is 12.6 Å². The summed E-state index contributed by atoms with van der Waals surface area (Å²) < 4.78 is 0. The van der Waals surface area contributed by atoms with Gasteiger partial charge in [0.1, 0.15) is 5.78 Å². The molecular weight excluding hydrogens is 310 g/mol. The summed E-state index contributed by atoms with van der Waals surface area (Å²) in [4.78, 5) is 34.6. The molecule has 0 heterocycles. The Bertz CT molecular complexity index is 350. The number of Topliss-reactive ketones (excluding diaryl/α,β-unsaturated/α-hetero) is 1. The van der Waals surface area contributed by atoms with E-state index in [1.807, 2.05) is 0 Å². The Balaban J connectivity index is 4.45. The monoisotopic (exact) mass is 335 g/mol. The van der Waals surface area contributed by atoms with Crippen LogP contribution >= 0.6 is 24.4 Å². The van der Waals surface area contributed by atoms with Gasteiger partial charge >= 0.3 is 5.97 Å². The second kappa shape index (κ2) is 12.1. The maximum Gasteiger partial charge on any atom is 0.304 e. The number of aliphatic carboxylic acids is 1. The van der Waals surface area contributed by atoms with Crippen molar-refractivity contribution < 1.29 is 19.5 Å². The van der Waals surface area contributed by atoms with E-state index in [1.54, 1.807) is 6.92 Å². The third kappa shape index (κ3) is 9.92. The van der Waals surface area contributed by atoms with Crippen LogP contribution in [0, 0.1) is 11.8 Å². The summed E-state index contributed by atoms with van der Waals surface area (Å²) in [6.45, 7) is 2.36. The number of hydrogen-bond acceptors (Lipinski definition) is 6. The molecule has 0 aliphatic carbocycles. The number of unbranched alkanes of at least 4 members (excludes halogenated alkanes) is 1. The van der Waals surface area contributed by atoms with Gasteiger partial charge in [0.25, 0.3) is 0 Å². The molecule has 5 nitrogen and oxygen atoms in total. The van der Waals surface area contributed by atoms with Crippen molar-refractivity contribution in [1.82, 2.24) is 0 Å². The zero-order chi connectivity index (χ0) is 16.3. The number of nitrogens with two attached hydrogens (primary N) is 1. The zero-order valence-corrected chi connectivity index (χ0v) is 14.1. The van der Waals surface area contributed by atoms with E-state index in [-0.39, 0.29) is 41.3 Å². The molecule has 0 aliphatic rings. The van der Waals surface area contributed by atoms with E-state index < -0.39 is 5.97 Å². The highest BCUT2D eigenvalue weighted by Crippen LogP contribution is 2.23. The van der Waals surface area contributed by atoms with Crippen LogP contribution in [0.25, 0.3) is 0 Å². The van der Waals surface area contributed by atoms with Gasteiger partial charge in [0.2, 0.25) is 0 Å². The van der Waals surface area contributed by atoms with Crippen LogP contribution in [0.5, 0.6) is 0 Å². The summed E-state index contributed by atoms with van der Waals surface area (Å²) in [5.74, 6) is -0.677. The molecule has 0 rings (SSSR count). The van der Waals surface area contributed by atoms with E-state index in [9.17, 15) is 14.4 Å². The first-order chi connectivity index (χ1) is 9.92. The molecule has 0 fully saturated rings. The molecule has 122 valence electrons. The molecule has 2 atom stereocenters. The van der Waals surface area contributed by atoms with Crippen LogP contribution in [0.15, 0.2) is 0 Å². The van der Waals surface area contributed by atoms with Gasteiger partial charge in [-0.05, 0) is 25.1 Å². The lowest BCUT2D eigenvalue weighted by atomic mass is 9.93. The molecule has 3 N–H and O–H groups in total. The summed E-state index contributed by atoms with van der Waals surface area (Å²) in [7, 11) is 0. The summed E-state index contributed by atoms with van der Waals surface area (Å²) in [5.41, 5.74) is 5.44. The number of rotatable bonds is 12. The molecular formula is C14H25NO4S2. The number of ketones is 1. The third-order valence-electron chi connectivity index (χ3n) is 3.17. The van der Waals surface area contributed by atoms with Crippen molar-refractivity contribution in [1.29, 1.82) is 0 Å². The predicted molar refractivity (Wildman–Crippen MR) is 88.8 cm³/mol. The second-order valence-corrected chi connectivity index (χ2v) is 6.51. The van der Waals surface area contributed by atoms with Gasteiger partial charge in [0.05, 0.1) is 6.42 Å². The van der Waals surface area contributed by atoms with E-state index >= 15 is 0 Å². The van der Waals surface area contributed by atoms with E-state index in [0.29, 0.717) is 18.7 Å².